The second-order valence-electron chi connectivity index (χ2n) is 2.89. The molecule has 0 aliphatic rings. The van der Waals surface area contributed by atoms with Crippen LogP contribution in [0.1, 0.15) is 0 Å². The van der Waals surface area contributed by atoms with Crippen LogP contribution in [0.15, 0.2) is 0 Å². The lowest BCUT2D eigenvalue weighted by atomic mass is 10.3. The van der Waals surface area contributed by atoms with Crippen molar-refractivity contribution in [1.29, 1.82) is 0 Å². The van der Waals surface area contributed by atoms with Gasteiger partial charge in [-0.1, -0.05) is 21.6 Å². The van der Waals surface area contributed by atoms with E-state index in [2.05, 4.69) is 10.6 Å². The number of carbonyl (C=O) groups is 2. The van der Waals surface area contributed by atoms with Crippen LogP contribution >= 0.6 is 21.6 Å². The molecule has 0 rings (SSSR count). The maximum atomic E-state index is 12.3. The molecule has 0 fully saturated rings. The van der Waals surface area contributed by atoms with Gasteiger partial charge in [0.1, 0.15) is 12.1 Å². The summed E-state index contributed by atoms with van der Waals surface area (Å²) in [4.78, 5) is 21.0. The van der Waals surface area contributed by atoms with E-state index in [1.807, 2.05) is 0 Å². The molecule has 0 heterocycles. The van der Waals surface area contributed by atoms with Crippen LogP contribution < -0.4 is 10.6 Å². The molecule has 3 N–H and O–H groups in total. The number of nitrogens with one attached hydrogen (secondary N) is 2. The lowest BCUT2D eigenvalue weighted by Gasteiger charge is -2.12. The summed E-state index contributed by atoms with van der Waals surface area (Å²) in [6, 6.07) is -2.86. The Morgan fingerprint density at radius 3 is 1.94 bits per heavy atom. The number of carboxylic acid groups (broad SMARTS) is 1. The molecule has 0 aromatic rings. The van der Waals surface area contributed by atoms with Gasteiger partial charge in [-0.2, -0.15) is 4.39 Å². The Kier molecular flexibility index (Phi) is 8.63. The number of hydrogen-bond acceptors (Lipinski definition) is 6. The normalized spacial score (nSPS) is 14.4. The van der Waals surface area contributed by atoms with Crippen LogP contribution in [0.3, 0.4) is 0 Å². The highest BCUT2D eigenvalue weighted by Crippen LogP contribution is 2.23. The molecule has 5 nitrogen and oxygen atoms in total. The molecule has 2 atom stereocenters. The first-order valence-electron chi connectivity index (χ1n) is 4.54. The first kappa shape index (κ1) is 15.7. The zero-order chi connectivity index (χ0) is 12.6. The summed E-state index contributed by atoms with van der Waals surface area (Å²) in [5.74, 6) is -0.303. The first-order chi connectivity index (χ1) is 7.52. The van der Waals surface area contributed by atoms with Gasteiger partial charge >= 0.3 is 12.0 Å². The van der Waals surface area contributed by atoms with E-state index in [1.165, 1.54) is 28.6 Å². The Labute approximate surface area is 101 Å². The fraction of sp³-hybridized carbons (Fsp3) is 0.750. The summed E-state index contributed by atoms with van der Waals surface area (Å²) in [7, 11) is 5.62. The van der Waals surface area contributed by atoms with Gasteiger partial charge in [0.2, 0.25) is 0 Å². The van der Waals surface area contributed by atoms with Gasteiger partial charge in [0, 0.05) is 11.5 Å². The van der Waals surface area contributed by atoms with Crippen molar-refractivity contribution in [3.63, 3.8) is 0 Å². The molecule has 0 amide bonds. The molecule has 0 aliphatic carbocycles. The quantitative estimate of drug-likeness (QED) is 0.312. The average molecular weight is 270 g/mol. The Morgan fingerprint density at radius 1 is 1.19 bits per heavy atom. The second-order valence-corrected chi connectivity index (χ2v) is 5.45. The van der Waals surface area contributed by atoms with Crippen molar-refractivity contribution in [2.45, 2.75) is 12.1 Å². The fourth-order valence-electron chi connectivity index (χ4n) is 0.773. The van der Waals surface area contributed by atoms with E-state index in [0.717, 1.165) is 0 Å². The molecule has 8 heteroatoms. The van der Waals surface area contributed by atoms with Gasteiger partial charge in [-0.3, -0.25) is 9.59 Å². The van der Waals surface area contributed by atoms with E-state index in [0.29, 0.717) is 5.75 Å². The van der Waals surface area contributed by atoms with Gasteiger partial charge in [-0.05, 0) is 14.1 Å². The van der Waals surface area contributed by atoms with Gasteiger partial charge in [-0.25, -0.2) is 0 Å². The molecule has 16 heavy (non-hydrogen) atoms. The van der Waals surface area contributed by atoms with Gasteiger partial charge in [0.15, 0.2) is 0 Å². The predicted octanol–water partition coefficient (Wildman–Crippen LogP) is 0.124. The molecular weight excluding hydrogens is 255 g/mol. The van der Waals surface area contributed by atoms with Gasteiger partial charge in [-0.15, -0.1) is 0 Å². The van der Waals surface area contributed by atoms with Crippen LogP contribution in [-0.2, 0) is 9.59 Å². The molecule has 0 aromatic carbocycles. The van der Waals surface area contributed by atoms with Crippen molar-refractivity contribution in [3.8, 4) is 0 Å². The van der Waals surface area contributed by atoms with Crippen LogP contribution in [0.5, 0.6) is 0 Å². The monoisotopic (exact) mass is 270 g/mol. The van der Waals surface area contributed by atoms with Crippen LogP contribution in [-0.4, -0.2) is 54.8 Å². The van der Waals surface area contributed by atoms with E-state index in [-0.39, 0.29) is 5.75 Å². The fourth-order valence-corrected chi connectivity index (χ4v) is 3.24. The molecule has 0 radical (unpaired) electrons. The van der Waals surface area contributed by atoms with E-state index in [9.17, 15) is 14.0 Å². The number of halogens is 1. The third-order valence-corrected chi connectivity index (χ3v) is 4.24. The zero-order valence-electron chi connectivity index (χ0n) is 9.03. The number of carboxylic acids is 1. The Morgan fingerprint density at radius 2 is 1.62 bits per heavy atom. The minimum absolute atomic E-state index is 0.270. The Balaban J connectivity index is 3.73. The lowest BCUT2D eigenvalue weighted by molar-refractivity contribution is -0.138. The highest BCUT2D eigenvalue weighted by atomic mass is 33.1. The summed E-state index contributed by atoms with van der Waals surface area (Å²) in [5, 5.41) is 13.9. The zero-order valence-corrected chi connectivity index (χ0v) is 10.7. The van der Waals surface area contributed by atoms with Gasteiger partial charge < -0.3 is 15.7 Å². The first-order valence-corrected chi connectivity index (χ1v) is 7.02. The van der Waals surface area contributed by atoms with Crippen LogP contribution in [0.4, 0.5) is 4.39 Å². The Bertz CT molecular complexity index is 219. The highest BCUT2D eigenvalue weighted by Gasteiger charge is 2.18. The molecule has 0 unspecified atom stereocenters. The smallest absolute Gasteiger partial charge is 0.321 e. The van der Waals surface area contributed by atoms with E-state index in [4.69, 9.17) is 5.11 Å². The number of carbonyl (C=O) groups excluding carboxylic acids is 1. The minimum atomic E-state index is -1.40. The van der Waals surface area contributed by atoms with E-state index >= 15 is 0 Å². The largest absolute Gasteiger partial charge is 0.480 e. The predicted molar refractivity (Wildman–Crippen MR) is 64.4 cm³/mol. The molecule has 0 aliphatic heterocycles. The number of likely N-dealkylation sites (N-methyl/N-ethyl adjacent to an activating group) is 2. The summed E-state index contributed by atoms with van der Waals surface area (Å²) in [6.45, 7) is 0. The number of aliphatic carboxylic acids is 1. The van der Waals surface area contributed by atoms with Gasteiger partial charge in [0.25, 0.3) is 0 Å². The number of hydrogen-bond donors (Lipinski definition) is 3. The molecule has 0 saturated heterocycles. The topological polar surface area (TPSA) is 78.4 Å². The summed E-state index contributed by atoms with van der Waals surface area (Å²) in [5.41, 5.74) is 0. The molecular formula is C8H15FN2O3S2. The molecule has 94 valence electrons. The van der Waals surface area contributed by atoms with Crippen LogP contribution in [0, 0.1) is 0 Å². The van der Waals surface area contributed by atoms with Crippen LogP contribution in [0.2, 0.25) is 0 Å². The maximum absolute atomic E-state index is 12.3. The SMILES string of the molecule is CN[C@@H](CSSC[C@H](NC)C(=O)F)C(=O)O. The average Bonchev–Trinajstić information content (AvgIpc) is 2.22. The minimum Gasteiger partial charge on any atom is -0.480 e. The summed E-state index contributed by atoms with van der Waals surface area (Å²) >= 11 is 0. The molecule has 0 bridgehead atoms. The second kappa shape index (κ2) is 8.80. The molecule has 0 aromatic heterocycles. The van der Waals surface area contributed by atoms with E-state index in [1.54, 1.807) is 7.05 Å². The molecule has 0 saturated carbocycles. The standard InChI is InChI=1S/C8H15FN2O3S2/c1-10-5(7(9)12)3-15-16-4-6(11-2)8(13)14/h5-6,10-11H,3-4H2,1-2H3,(H,13,14)/t5-,6-/m0/s1. The van der Waals surface area contributed by atoms with Crippen molar-refractivity contribution < 1.29 is 19.1 Å². The summed E-state index contributed by atoms with van der Waals surface area (Å²) < 4.78 is 12.3. The van der Waals surface area contributed by atoms with Crippen molar-refractivity contribution in [2.24, 2.45) is 0 Å². The van der Waals surface area contributed by atoms with Gasteiger partial charge in [0.05, 0.1) is 0 Å². The number of rotatable bonds is 9. The maximum Gasteiger partial charge on any atom is 0.321 e. The lowest BCUT2D eigenvalue weighted by Crippen LogP contribution is -2.36. The van der Waals surface area contributed by atoms with Crippen molar-refractivity contribution in [2.75, 3.05) is 25.6 Å². The molecule has 0 spiro atoms. The summed E-state index contributed by atoms with van der Waals surface area (Å²) in [6.07, 6.45) is 0. The van der Waals surface area contributed by atoms with Crippen molar-refractivity contribution in [1.82, 2.24) is 10.6 Å². The third kappa shape index (κ3) is 6.31. The Hall–Kier alpha value is -0.310. The highest BCUT2D eigenvalue weighted by molar-refractivity contribution is 8.76. The third-order valence-electron chi connectivity index (χ3n) is 1.82. The van der Waals surface area contributed by atoms with Crippen LogP contribution in [0.25, 0.3) is 0 Å². The van der Waals surface area contributed by atoms with E-state index < -0.39 is 24.1 Å². The van der Waals surface area contributed by atoms with Crippen molar-refractivity contribution in [3.05, 3.63) is 0 Å². The van der Waals surface area contributed by atoms with Crippen molar-refractivity contribution >= 4 is 33.6 Å².